The number of aryl methyl sites for hydroxylation is 1. The summed E-state index contributed by atoms with van der Waals surface area (Å²) >= 11 is 0. The molecule has 0 aliphatic carbocycles. The molecule has 90 valence electrons. The molecule has 2 N–H and O–H groups in total. The number of rotatable bonds is 4. The lowest BCUT2D eigenvalue weighted by Gasteiger charge is -2.22. The Morgan fingerprint density at radius 3 is 2.31 bits per heavy atom. The fourth-order valence-electron chi connectivity index (χ4n) is 2.12. The zero-order valence-electron chi connectivity index (χ0n) is 11.0. The average molecular weight is 221 g/mol. The molecule has 0 fully saturated rings. The molecule has 0 bridgehead atoms. The van der Waals surface area contributed by atoms with Gasteiger partial charge in [0.1, 0.15) is 5.75 Å². The van der Waals surface area contributed by atoms with Gasteiger partial charge in [0.25, 0.3) is 0 Å². The molecule has 2 heteroatoms. The molecule has 1 unspecified atom stereocenters. The molecule has 0 aliphatic rings. The van der Waals surface area contributed by atoms with E-state index in [0.717, 1.165) is 5.75 Å². The number of ether oxygens (including phenoxy) is 1. The molecule has 2 nitrogen and oxygen atoms in total. The van der Waals surface area contributed by atoms with Crippen LogP contribution in [0.4, 0.5) is 0 Å². The third-order valence-corrected chi connectivity index (χ3v) is 3.10. The number of hydrogen-bond acceptors (Lipinski definition) is 2. The van der Waals surface area contributed by atoms with Crippen LogP contribution in [0.3, 0.4) is 0 Å². The van der Waals surface area contributed by atoms with Crippen LogP contribution >= 0.6 is 0 Å². The molecule has 0 aromatic heterocycles. The Hall–Kier alpha value is -1.02. The molecule has 0 saturated carbocycles. The van der Waals surface area contributed by atoms with Crippen LogP contribution in [-0.4, -0.2) is 13.7 Å². The van der Waals surface area contributed by atoms with Crippen molar-refractivity contribution in [3.63, 3.8) is 0 Å². The SMILES string of the molecule is COc1c(C)ccc(C(C)C)c1C(C)CN. The molecule has 0 spiro atoms. The van der Waals surface area contributed by atoms with Crippen LogP contribution in [0.25, 0.3) is 0 Å². The van der Waals surface area contributed by atoms with Crippen molar-refractivity contribution in [1.82, 2.24) is 0 Å². The highest BCUT2D eigenvalue weighted by molar-refractivity contribution is 5.49. The largest absolute Gasteiger partial charge is 0.496 e. The summed E-state index contributed by atoms with van der Waals surface area (Å²) in [6.07, 6.45) is 0. The van der Waals surface area contributed by atoms with Gasteiger partial charge >= 0.3 is 0 Å². The fraction of sp³-hybridized carbons (Fsp3) is 0.571. The van der Waals surface area contributed by atoms with Crippen LogP contribution in [0.15, 0.2) is 12.1 Å². The summed E-state index contributed by atoms with van der Waals surface area (Å²) in [6, 6.07) is 4.32. The quantitative estimate of drug-likeness (QED) is 0.847. The summed E-state index contributed by atoms with van der Waals surface area (Å²) in [5, 5.41) is 0. The first-order valence-corrected chi connectivity index (χ1v) is 5.90. The van der Waals surface area contributed by atoms with E-state index in [-0.39, 0.29) is 0 Å². The van der Waals surface area contributed by atoms with E-state index in [4.69, 9.17) is 10.5 Å². The van der Waals surface area contributed by atoms with Crippen molar-refractivity contribution in [3.8, 4) is 5.75 Å². The van der Waals surface area contributed by atoms with Crippen LogP contribution in [0.1, 0.15) is 49.3 Å². The Kier molecular flexibility index (Phi) is 4.36. The maximum atomic E-state index is 5.79. The second-order valence-corrected chi connectivity index (χ2v) is 4.71. The van der Waals surface area contributed by atoms with Crippen molar-refractivity contribution in [3.05, 3.63) is 28.8 Å². The summed E-state index contributed by atoms with van der Waals surface area (Å²) in [7, 11) is 1.74. The first-order chi connectivity index (χ1) is 7.52. The van der Waals surface area contributed by atoms with E-state index in [1.165, 1.54) is 16.7 Å². The molecular formula is C14H23NO. The molecule has 0 radical (unpaired) electrons. The van der Waals surface area contributed by atoms with Crippen molar-refractivity contribution in [2.45, 2.75) is 39.5 Å². The van der Waals surface area contributed by atoms with E-state index in [0.29, 0.717) is 18.4 Å². The zero-order valence-corrected chi connectivity index (χ0v) is 11.0. The van der Waals surface area contributed by atoms with Crippen molar-refractivity contribution < 1.29 is 4.74 Å². The number of methoxy groups -OCH3 is 1. The van der Waals surface area contributed by atoms with E-state index in [9.17, 15) is 0 Å². The molecule has 0 amide bonds. The maximum absolute atomic E-state index is 5.79. The minimum Gasteiger partial charge on any atom is -0.496 e. The third kappa shape index (κ3) is 2.38. The van der Waals surface area contributed by atoms with Gasteiger partial charge in [-0.3, -0.25) is 0 Å². The highest BCUT2D eigenvalue weighted by Crippen LogP contribution is 2.36. The monoisotopic (exact) mass is 221 g/mol. The second kappa shape index (κ2) is 5.35. The smallest absolute Gasteiger partial charge is 0.125 e. The normalized spacial score (nSPS) is 12.9. The molecule has 1 atom stereocenters. The first kappa shape index (κ1) is 13.0. The molecule has 0 heterocycles. The molecule has 1 aromatic carbocycles. The highest BCUT2D eigenvalue weighted by atomic mass is 16.5. The van der Waals surface area contributed by atoms with Gasteiger partial charge in [0, 0.05) is 5.56 Å². The van der Waals surface area contributed by atoms with Crippen LogP contribution in [-0.2, 0) is 0 Å². The van der Waals surface area contributed by atoms with Crippen LogP contribution in [0, 0.1) is 6.92 Å². The predicted octanol–water partition coefficient (Wildman–Crippen LogP) is 3.19. The third-order valence-electron chi connectivity index (χ3n) is 3.10. The zero-order chi connectivity index (χ0) is 12.3. The summed E-state index contributed by atoms with van der Waals surface area (Å²) in [5.74, 6) is 1.84. The van der Waals surface area contributed by atoms with Gasteiger partial charge in [0.2, 0.25) is 0 Å². The Balaban J connectivity index is 3.41. The standard InChI is InChI=1S/C14H23NO/c1-9(2)12-7-6-10(3)14(16-5)13(12)11(4)8-15/h6-7,9,11H,8,15H2,1-5H3. The minimum absolute atomic E-state index is 0.340. The number of nitrogens with two attached hydrogens (primary N) is 1. The van der Waals surface area contributed by atoms with E-state index in [1.54, 1.807) is 7.11 Å². The van der Waals surface area contributed by atoms with E-state index >= 15 is 0 Å². The summed E-state index contributed by atoms with van der Waals surface area (Å²) in [5.41, 5.74) is 9.60. The molecule has 0 aliphatic heterocycles. The van der Waals surface area contributed by atoms with E-state index in [2.05, 4.69) is 39.8 Å². The van der Waals surface area contributed by atoms with Gasteiger partial charge in [0.05, 0.1) is 7.11 Å². The summed E-state index contributed by atoms with van der Waals surface area (Å²) < 4.78 is 5.53. The Bertz CT molecular complexity index is 358. The van der Waals surface area contributed by atoms with Gasteiger partial charge < -0.3 is 10.5 Å². The lowest BCUT2D eigenvalue weighted by atomic mass is 9.87. The highest BCUT2D eigenvalue weighted by Gasteiger charge is 2.18. The first-order valence-electron chi connectivity index (χ1n) is 5.90. The Morgan fingerprint density at radius 1 is 1.25 bits per heavy atom. The van der Waals surface area contributed by atoms with Gasteiger partial charge in [-0.2, -0.15) is 0 Å². The van der Waals surface area contributed by atoms with Crippen LogP contribution in [0.5, 0.6) is 5.75 Å². The summed E-state index contributed by atoms with van der Waals surface area (Å²) in [4.78, 5) is 0. The van der Waals surface area contributed by atoms with Crippen LogP contribution in [0.2, 0.25) is 0 Å². The van der Waals surface area contributed by atoms with Gasteiger partial charge in [-0.1, -0.05) is 32.9 Å². The molecular weight excluding hydrogens is 198 g/mol. The van der Waals surface area contributed by atoms with Crippen molar-refractivity contribution in [1.29, 1.82) is 0 Å². The maximum Gasteiger partial charge on any atom is 0.125 e. The second-order valence-electron chi connectivity index (χ2n) is 4.71. The molecule has 16 heavy (non-hydrogen) atoms. The lowest BCUT2D eigenvalue weighted by Crippen LogP contribution is -2.13. The van der Waals surface area contributed by atoms with Crippen molar-refractivity contribution in [2.75, 3.05) is 13.7 Å². The summed E-state index contributed by atoms with van der Waals surface area (Å²) in [6.45, 7) is 9.30. The molecule has 1 rings (SSSR count). The average Bonchev–Trinajstić information content (AvgIpc) is 2.27. The van der Waals surface area contributed by atoms with Gasteiger partial charge in [0.15, 0.2) is 0 Å². The lowest BCUT2D eigenvalue weighted by molar-refractivity contribution is 0.402. The van der Waals surface area contributed by atoms with Gasteiger partial charge in [-0.25, -0.2) is 0 Å². The van der Waals surface area contributed by atoms with Crippen molar-refractivity contribution in [2.24, 2.45) is 5.73 Å². The molecule has 1 aromatic rings. The van der Waals surface area contributed by atoms with Gasteiger partial charge in [-0.05, 0) is 36.4 Å². The van der Waals surface area contributed by atoms with Crippen LogP contribution < -0.4 is 10.5 Å². The Labute approximate surface area is 98.8 Å². The molecule has 0 saturated heterocycles. The number of hydrogen-bond donors (Lipinski definition) is 1. The fourth-order valence-corrected chi connectivity index (χ4v) is 2.12. The minimum atomic E-state index is 0.340. The van der Waals surface area contributed by atoms with E-state index in [1.807, 2.05) is 0 Å². The van der Waals surface area contributed by atoms with Crippen molar-refractivity contribution >= 4 is 0 Å². The van der Waals surface area contributed by atoms with E-state index < -0.39 is 0 Å². The predicted molar refractivity (Wildman–Crippen MR) is 69.3 cm³/mol. The topological polar surface area (TPSA) is 35.2 Å². The Morgan fingerprint density at radius 2 is 1.88 bits per heavy atom. The number of benzene rings is 1. The van der Waals surface area contributed by atoms with Gasteiger partial charge in [-0.15, -0.1) is 0 Å².